The van der Waals surface area contributed by atoms with Crippen LogP contribution >= 0.6 is 10.5 Å². The van der Waals surface area contributed by atoms with Crippen LogP contribution in [-0.2, 0) is 5.51 Å². The Morgan fingerprint density at radius 3 is 1.96 bits per heavy atom. The van der Waals surface area contributed by atoms with Gasteiger partial charge in [0, 0.05) is 17.4 Å². The third-order valence-electron chi connectivity index (χ3n) is 4.16. The summed E-state index contributed by atoms with van der Waals surface area (Å²) in [6.45, 7) is 0. The highest BCUT2D eigenvalue weighted by molar-refractivity contribution is 7.38. The van der Waals surface area contributed by atoms with Crippen LogP contribution in [0.2, 0.25) is 0 Å². The summed E-state index contributed by atoms with van der Waals surface area (Å²) in [6, 6.07) is 8.82. The zero-order chi connectivity index (χ0) is 18.7. The lowest BCUT2D eigenvalue weighted by Crippen LogP contribution is -2.68. The van der Waals surface area contributed by atoms with Gasteiger partial charge < -0.3 is 0 Å². The molecule has 1 aromatic heterocycles. The summed E-state index contributed by atoms with van der Waals surface area (Å²) >= 11 is 0. The Labute approximate surface area is 148 Å². The first kappa shape index (κ1) is 20.4. The van der Waals surface area contributed by atoms with Crippen molar-refractivity contribution in [2.75, 3.05) is 0 Å². The minimum atomic E-state index is -4.94. The lowest BCUT2D eigenvalue weighted by molar-refractivity contribution is -2.00. The van der Waals surface area contributed by atoms with E-state index in [2.05, 4.69) is 0 Å². The molecule has 1 heterocycles. The predicted molar refractivity (Wildman–Crippen MR) is 78.2 cm³/mol. The van der Waals surface area contributed by atoms with E-state index in [4.69, 9.17) is 18.6 Å². The van der Waals surface area contributed by atoms with Crippen LogP contribution < -0.4 is 18.6 Å². The van der Waals surface area contributed by atoms with E-state index in [0.717, 1.165) is 43.9 Å². The highest BCUT2D eigenvalue weighted by Crippen LogP contribution is 2.54. The number of rotatable bonds is 1. The maximum absolute atomic E-state index is 13.5. The summed E-state index contributed by atoms with van der Waals surface area (Å²) in [4.78, 5) is 0.639. The van der Waals surface area contributed by atoms with Crippen LogP contribution in [0.25, 0.3) is 10.1 Å². The second-order valence-electron chi connectivity index (χ2n) is 5.90. The molecule has 0 amide bonds. The third-order valence-corrected chi connectivity index (χ3v) is 6.36. The van der Waals surface area contributed by atoms with Gasteiger partial charge in [-0.15, -0.1) is 23.4 Å². The Bertz CT molecular complexity index is 683. The van der Waals surface area contributed by atoms with Gasteiger partial charge in [-0.2, -0.15) is 0 Å². The first-order chi connectivity index (χ1) is 11.6. The zero-order valence-electron chi connectivity index (χ0n) is 13.3. The molecule has 1 saturated carbocycles. The molecule has 1 fully saturated rings. The average molecular weight is 399 g/mol. The van der Waals surface area contributed by atoms with Gasteiger partial charge in [0.1, 0.15) is 0 Å². The first-order valence-electron chi connectivity index (χ1n) is 7.81. The van der Waals surface area contributed by atoms with Crippen molar-refractivity contribution >= 4 is 20.6 Å². The van der Waals surface area contributed by atoms with Crippen molar-refractivity contribution in [2.45, 2.75) is 50.0 Å². The van der Waals surface area contributed by atoms with Gasteiger partial charge in [-0.1, -0.05) is 37.8 Å². The summed E-state index contributed by atoms with van der Waals surface area (Å²) in [5.41, 5.74) is -4.15. The first-order valence-corrected chi connectivity index (χ1v) is 10.3. The Hall–Kier alpha value is -0.900. The summed E-state index contributed by atoms with van der Waals surface area (Å²) < 4.78 is 75.0. The minimum absolute atomic E-state index is 0.120. The molecule has 0 radical (unpaired) electrons. The molecule has 0 saturated heterocycles. The van der Waals surface area contributed by atoms with Gasteiger partial charge in [-0.25, -0.2) is 18.6 Å². The molecule has 2 aromatic rings. The standard InChI is InChI=1S/C16H18F3S.ClHO4/c17-16(18,19)20-14-10-6-5-9-13(14)11-15(20)12-7-3-1-2-4-8-12;2-1(3,4)5/h5-6,9-12H,1-4,7-8H2;(H,2,3,4,5)/q+1;/p-1. The van der Waals surface area contributed by atoms with E-state index in [1.54, 1.807) is 12.1 Å². The molecule has 3 rings (SSSR count). The van der Waals surface area contributed by atoms with Crippen LogP contribution in [0.15, 0.2) is 30.3 Å². The Morgan fingerprint density at radius 1 is 0.920 bits per heavy atom. The summed E-state index contributed by atoms with van der Waals surface area (Å²) in [5, 5.41) is 0.771. The van der Waals surface area contributed by atoms with Gasteiger partial charge in [-0.05, 0) is 25.0 Å². The van der Waals surface area contributed by atoms with Crippen LogP contribution in [0, 0.1) is 10.2 Å². The molecular weight excluding hydrogens is 381 g/mol. The summed E-state index contributed by atoms with van der Waals surface area (Å²) in [5.74, 6) is 0.120. The zero-order valence-corrected chi connectivity index (χ0v) is 14.8. The fourth-order valence-corrected chi connectivity index (χ4v) is 5.39. The monoisotopic (exact) mass is 398 g/mol. The lowest BCUT2D eigenvalue weighted by Gasteiger charge is -2.17. The molecule has 0 N–H and O–H groups in total. The van der Waals surface area contributed by atoms with Gasteiger partial charge in [0.15, 0.2) is 9.58 Å². The van der Waals surface area contributed by atoms with Crippen molar-refractivity contribution in [3.05, 3.63) is 35.2 Å². The van der Waals surface area contributed by atoms with Crippen LogP contribution in [-0.4, -0.2) is 0 Å². The molecule has 25 heavy (non-hydrogen) atoms. The topological polar surface area (TPSA) is 92.2 Å². The molecule has 0 spiro atoms. The van der Waals surface area contributed by atoms with Gasteiger partial charge in [-0.3, -0.25) is 0 Å². The largest absolute Gasteiger partial charge is 0.600 e. The van der Waals surface area contributed by atoms with Gasteiger partial charge in [0.25, 0.3) is 0 Å². The predicted octanol–water partition coefficient (Wildman–Crippen LogP) is 1.75. The van der Waals surface area contributed by atoms with Gasteiger partial charge in [0.05, 0.1) is 10.5 Å². The molecular formula is C16H18ClF3O4S. The quantitative estimate of drug-likeness (QED) is 0.540. The molecule has 1 unspecified atom stereocenters. The number of benzene rings is 1. The van der Waals surface area contributed by atoms with Crippen molar-refractivity contribution in [1.29, 1.82) is 0 Å². The molecule has 140 valence electrons. The molecule has 1 aromatic carbocycles. The van der Waals surface area contributed by atoms with Gasteiger partial charge >= 0.3 is 5.51 Å². The third kappa shape index (κ3) is 6.09. The number of hydrogen-bond acceptors (Lipinski definition) is 4. The SMILES string of the molecule is FC(F)(F)[s+]1c(C2CCCCCC2)cc2ccccc21.[O-][Cl+3]([O-])([O-])[O-]. The van der Waals surface area contributed by atoms with Crippen LogP contribution in [0.3, 0.4) is 0 Å². The smallest absolute Gasteiger partial charge is 0.222 e. The molecule has 1 aliphatic carbocycles. The molecule has 1 atom stereocenters. The Kier molecular flexibility index (Phi) is 6.69. The average Bonchev–Trinajstić information content (AvgIpc) is 2.66. The highest BCUT2D eigenvalue weighted by Gasteiger charge is 2.49. The second kappa shape index (κ2) is 8.20. The minimum Gasteiger partial charge on any atom is -0.222 e. The molecule has 4 nitrogen and oxygen atoms in total. The number of alkyl halides is 3. The maximum Gasteiger partial charge on any atom is 0.600 e. The van der Waals surface area contributed by atoms with E-state index in [1.807, 2.05) is 18.2 Å². The number of fused-ring (bicyclic) bond motifs is 1. The summed E-state index contributed by atoms with van der Waals surface area (Å²) in [7, 11) is -6.65. The normalized spacial score (nSPS) is 17.8. The second-order valence-corrected chi connectivity index (χ2v) is 8.65. The van der Waals surface area contributed by atoms with Crippen molar-refractivity contribution in [1.82, 2.24) is 0 Å². The molecule has 1 aliphatic rings. The van der Waals surface area contributed by atoms with Crippen LogP contribution in [0.5, 0.6) is 0 Å². The summed E-state index contributed by atoms with van der Waals surface area (Å²) in [6.07, 6.45) is 6.28. The highest BCUT2D eigenvalue weighted by atomic mass is 35.7. The van der Waals surface area contributed by atoms with Crippen molar-refractivity contribution in [3.8, 4) is 0 Å². The molecule has 0 bridgehead atoms. The van der Waals surface area contributed by atoms with E-state index in [0.29, 0.717) is 9.58 Å². The molecule has 9 heteroatoms. The lowest BCUT2D eigenvalue weighted by atomic mass is 9.98. The molecule has 0 aliphatic heterocycles. The van der Waals surface area contributed by atoms with Crippen LogP contribution in [0.1, 0.15) is 49.3 Å². The fourth-order valence-electron chi connectivity index (χ4n) is 3.23. The van der Waals surface area contributed by atoms with Crippen molar-refractivity contribution in [2.24, 2.45) is 0 Å². The van der Waals surface area contributed by atoms with E-state index in [1.165, 1.54) is 0 Å². The van der Waals surface area contributed by atoms with E-state index in [9.17, 15) is 13.2 Å². The van der Waals surface area contributed by atoms with E-state index >= 15 is 0 Å². The Morgan fingerprint density at radius 2 is 1.44 bits per heavy atom. The Balaban J connectivity index is 0.000000399. The van der Waals surface area contributed by atoms with E-state index in [-0.39, 0.29) is 5.92 Å². The van der Waals surface area contributed by atoms with Gasteiger partial charge in [0.2, 0.25) is 0 Å². The van der Waals surface area contributed by atoms with Crippen LogP contribution in [0.4, 0.5) is 13.2 Å². The number of hydrogen-bond donors (Lipinski definition) is 0. The number of thiophene rings is 1. The maximum atomic E-state index is 13.5. The van der Waals surface area contributed by atoms with E-state index < -0.39 is 26.2 Å². The fraction of sp³-hybridized carbons (Fsp3) is 0.500. The number of halogens is 4. The van der Waals surface area contributed by atoms with Crippen molar-refractivity contribution < 1.29 is 42.1 Å². The van der Waals surface area contributed by atoms with Crippen molar-refractivity contribution in [3.63, 3.8) is 0 Å².